The smallest absolute Gasteiger partial charge is 0.245 e. The molecule has 0 bridgehead atoms. The van der Waals surface area contributed by atoms with E-state index in [4.69, 9.17) is 28.7 Å². The first-order valence-electron chi connectivity index (χ1n) is 27.2. The van der Waals surface area contributed by atoms with Crippen molar-refractivity contribution in [1.29, 1.82) is 0 Å². The molecule has 11 amide bonds. The Balaban J connectivity index is 3.77. The van der Waals surface area contributed by atoms with Crippen molar-refractivity contribution in [3.8, 4) is 0 Å². The minimum atomic E-state index is -1.70. The monoisotopic (exact) mass is 1130 g/mol. The van der Waals surface area contributed by atoms with E-state index in [0.717, 1.165) is 25.7 Å². The van der Waals surface area contributed by atoms with E-state index in [1.165, 1.54) is 13.8 Å². The maximum Gasteiger partial charge on any atom is 0.245 e. The average Bonchev–Trinajstić information content (AvgIpc) is 3.38. The van der Waals surface area contributed by atoms with Crippen molar-refractivity contribution >= 4 is 65.0 Å². The van der Waals surface area contributed by atoms with Gasteiger partial charge in [-0.05, 0) is 104 Å². The van der Waals surface area contributed by atoms with E-state index < -0.39 is 157 Å². The molecular formula is C49H92N16O14. The van der Waals surface area contributed by atoms with Gasteiger partial charge in [-0.1, -0.05) is 46.5 Å². The number of nitrogens with two attached hydrogens (primary N) is 5. The van der Waals surface area contributed by atoms with E-state index in [0.29, 0.717) is 6.42 Å². The summed E-state index contributed by atoms with van der Waals surface area (Å²) in [6, 6.07) is -15.3. The molecule has 30 nitrogen and oxygen atoms in total. The minimum Gasteiger partial charge on any atom is -0.394 e. The summed E-state index contributed by atoms with van der Waals surface area (Å²) in [7, 11) is 0. The van der Waals surface area contributed by atoms with Crippen LogP contribution in [0.4, 0.5) is 0 Å². The minimum absolute atomic E-state index is 0.0179. The Labute approximate surface area is 461 Å². The summed E-state index contributed by atoms with van der Waals surface area (Å²) in [5.41, 5.74) is 29.0. The number of aliphatic hydroxyl groups excluding tert-OH is 3. The Morgan fingerprint density at radius 1 is 0.557 bits per heavy atom. The van der Waals surface area contributed by atoms with Gasteiger partial charge in [0.15, 0.2) is 0 Å². The fourth-order valence-electron chi connectivity index (χ4n) is 8.16. The van der Waals surface area contributed by atoms with Gasteiger partial charge in [0.1, 0.15) is 60.4 Å². The molecule has 1 aliphatic heterocycles. The molecule has 1 fully saturated rings. The van der Waals surface area contributed by atoms with Crippen LogP contribution >= 0.6 is 0 Å². The van der Waals surface area contributed by atoms with E-state index in [1.54, 1.807) is 13.8 Å². The van der Waals surface area contributed by atoms with Crippen molar-refractivity contribution in [3.63, 3.8) is 0 Å². The number of carbonyl (C=O) groups excluding carboxylic acids is 11. The van der Waals surface area contributed by atoms with Crippen LogP contribution < -0.4 is 87.2 Å². The van der Waals surface area contributed by atoms with Crippen LogP contribution in [0.1, 0.15) is 118 Å². The lowest BCUT2D eigenvalue weighted by Gasteiger charge is -2.29. The molecule has 0 saturated carbocycles. The number of rotatable bonds is 28. The quantitative estimate of drug-likeness (QED) is 0.0324. The summed E-state index contributed by atoms with van der Waals surface area (Å²) < 4.78 is 0. The molecule has 0 aromatic carbocycles. The molecule has 79 heavy (non-hydrogen) atoms. The topological polar surface area (TPSA) is 511 Å². The predicted octanol–water partition coefficient (Wildman–Crippen LogP) is -7.74. The fourth-order valence-corrected chi connectivity index (χ4v) is 8.16. The third kappa shape index (κ3) is 26.1. The Bertz CT molecular complexity index is 1980. The maximum atomic E-state index is 14.3. The van der Waals surface area contributed by atoms with E-state index in [1.807, 2.05) is 0 Å². The van der Waals surface area contributed by atoms with Crippen LogP contribution in [0, 0.1) is 5.92 Å². The molecule has 24 N–H and O–H groups in total. The Morgan fingerprint density at radius 2 is 1.03 bits per heavy atom. The second-order valence-electron chi connectivity index (χ2n) is 19.9. The molecule has 452 valence electrons. The van der Waals surface area contributed by atoms with Crippen molar-refractivity contribution in [2.45, 2.75) is 191 Å². The lowest BCUT2D eigenvalue weighted by Crippen LogP contribution is -2.62. The number of nitrogens with one attached hydrogen (secondary N) is 11. The standard InChI is InChI=1S/C49H92N16O14/c1-6-7-8-9-10-11-37(69)56-29(12-18-50)44(74)65-39(28(5)68)49(79)61-32(15-21-53)41(71)60-34-17-23-55-48(78)38(27(4)67)64-45(75)33(16-22-54)58-40(70)30(13-19-51)59-47(77)36(25-66)63-46(76)35(24-26(2)3)62-42(72)31(14-20-52)57-43(34)73/h26-36,38-39,66-68H,6-25,50-54H2,1-5H3,(H,55,78)(H,56,69)(H,57,73)(H,58,70)(H,59,77)(H,60,71)(H,61,79)(H,62,72)(H,63,76)(H,64,75)(H,65,74)/t27-,28-,29+,30+,31+,32+,33+,34+,35-,36+,38+,39+/m1/s1. The van der Waals surface area contributed by atoms with Crippen LogP contribution in [0.25, 0.3) is 0 Å². The molecule has 0 unspecified atom stereocenters. The van der Waals surface area contributed by atoms with Gasteiger partial charge in [0.05, 0.1) is 18.8 Å². The summed E-state index contributed by atoms with van der Waals surface area (Å²) in [6.07, 6.45) is -0.0879. The molecule has 0 aliphatic carbocycles. The first-order valence-corrected chi connectivity index (χ1v) is 27.2. The van der Waals surface area contributed by atoms with Crippen molar-refractivity contribution in [1.82, 2.24) is 58.5 Å². The third-order valence-corrected chi connectivity index (χ3v) is 12.6. The first-order chi connectivity index (χ1) is 37.4. The van der Waals surface area contributed by atoms with E-state index in [9.17, 15) is 68.1 Å². The molecule has 0 aromatic rings. The molecule has 0 spiro atoms. The zero-order valence-electron chi connectivity index (χ0n) is 46.4. The van der Waals surface area contributed by atoms with Crippen LogP contribution in [0.2, 0.25) is 0 Å². The van der Waals surface area contributed by atoms with Crippen molar-refractivity contribution in [3.05, 3.63) is 0 Å². The summed E-state index contributed by atoms with van der Waals surface area (Å²) >= 11 is 0. The number of carbonyl (C=O) groups is 11. The van der Waals surface area contributed by atoms with Crippen LogP contribution in [0.3, 0.4) is 0 Å². The summed E-state index contributed by atoms with van der Waals surface area (Å²) in [6.45, 7) is 5.62. The van der Waals surface area contributed by atoms with Crippen LogP contribution in [0.5, 0.6) is 0 Å². The molecule has 1 rings (SSSR count). The first kappa shape index (κ1) is 70.9. The molecule has 1 heterocycles. The largest absolute Gasteiger partial charge is 0.394 e. The summed E-state index contributed by atoms with van der Waals surface area (Å²) in [5.74, 6) is -10.6. The second kappa shape index (κ2) is 38.5. The highest BCUT2D eigenvalue weighted by Crippen LogP contribution is 2.10. The van der Waals surface area contributed by atoms with Gasteiger partial charge in [0, 0.05) is 13.0 Å². The van der Waals surface area contributed by atoms with Crippen LogP contribution in [0.15, 0.2) is 0 Å². The number of hydrogen-bond donors (Lipinski definition) is 19. The van der Waals surface area contributed by atoms with Gasteiger partial charge in [0.2, 0.25) is 65.0 Å². The SMILES string of the molecule is CCCCCCCC(=O)N[C@@H](CCN)C(=O)N[C@H](C(=O)N[C@@H](CCN)C(=O)N[C@H]1CCNC(=O)[C@H]([C@@H](C)O)NC(=O)[C@H](CCN)NC(=O)[C@H](CCN)NC(=O)[C@H](CO)NC(=O)[C@@H](CC(C)C)NC(=O)[C@H](CCN)NC1=O)[C@@H](C)O. The van der Waals surface area contributed by atoms with Gasteiger partial charge in [-0.25, -0.2) is 0 Å². The van der Waals surface area contributed by atoms with Crippen molar-refractivity contribution in [2.24, 2.45) is 34.6 Å². The van der Waals surface area contributed by atoms with Crippen molar-refractivity contribution in [2.75, 3.05) is 45.9 Å². The van der Waals surface area contributed by atoms with Gasteiger partial charge in [0.25, 0.3) is 0 Å². The zero-order chi connectivity index (χ0) is 59.8. The number of unbranched alkanes of at least 4 members (excludes halogenated alkanes) is 4. The lowest BCUT2D eigenvalue weighted by atomic mass is 10.0. The highest BCUT2D eigenvalue weighted by molar-refractivity contribution is 5.99. The van der Waals surface area contributed by atoms with E-state index >= 15 is 0 Å². The molecule has 1 saturated heterocycles. The normalized spacial score (nSPS) is 23.4. The zero-order valence-corrected chi connectivity index (χ0v) is 46.4. The fraction of sp³-hybridized carbons (Fsp3) is 0.776. The highest BCUT2D eigenvalue weighted by atomic mass is 16.3. The van der Waals surface area contributed by atoms with Gasteiger partial charge in [-0.15, -0.1) is 0 Å². The number of amides is 11. The molecule has 30 heteroatoms. The van der Waals surface area contributed by atoms with Gasteiger partial charge >= 0.3 is 0 Å². The highest BCUT2D eigenvalue weighted by Gasteiger charge is 2.37. The Morgan fingerprint density at radius 3 is 1.51 bits per heavy atom. The predicted molar refractivity (Wildman–Crippen MR) is 289 cm³/mol. The van der Waals surface area contributed by atoms with Crippen molar-refractivity contribution < 1.29 is 68.1 Å². The average molecular weight is 1130 g/mol. The van der Waals surface area contributed by atoms with E-state index in [-0.39, 0.29) is 83.6 Å². The molecule has 1 aliphatic rings. The Hall–Kier alpha value is -6.15. The number of hydrogen-bond acceptors (Lipinski definition) is 19. The van der Waals surface area contributed by atoms with Gasteiger partial charge in [-0.3, -0.25) is 52.7 Å². The second-order valence-corrected chi connectivity index (χ2v) is 19.9. The lowest BCUT2D eigenvalue weighted by molar-refractivity contribution is -0.137. The Kier molecular flexibility index (Phi) is 34.5. The maximum absolute atomic E-state index is 14.3. The molecule has 0 aromatic heterocycles. The van der Waals surface area contributed by atoms with E-state index in [2.05, 4.69) is 65.4 Å². The molecule has 12 atom stereocenters. The van der Waals surface area contributed by atoms with Gasteiger partial charge in [-0.2, -0.15) is 0 Å². The van der Waals surface area contributed by atoms with Crippen LogP contribution in [-0.4, -0.2) is 199 Å². The number of aliphatic hydroxyl groups is 3. The third-order valence-electron chi connectivity index (χ3n) is 12.6. The summed E-state index contributed by atoms with van der Waals surface area (Å²) in [5, 5.41) is 58.7. The summed E-state index contributed by atoms with van der Waals surface area (Å²) in [4.78, 5) is 151. The molecule has 0 radical (unpaired) electrons. The van der Waals surface area contributed by atoms with Crippen LogP contribution in [-0.2, 0) is 52.7 Å². The van der Waals surface area contributed by atoms with Gasteiger partial charge < -0.3 is 102 Å². The molecular weight excluding hydrogens is 1040 g/mol.